The first-order valence-electron chi connectivity index (χ1n) is 16.1. The number of pyridine rings is 1. The summed E-state index contributed by atoms with van der Waals surface area (Å²) in [6.45, 7) is 8.33. The number of amides is 2. The molecule has 3 heterocycles. The Kier molecular flexibility index (Phi) is 8.55. The minimum absolute atomic E-state index is 0.0108. The van der Waals surface area contributed by atoms with Gasteiger partial charge in [-0.3, -0.25) is 14.6 Å². The highest BCUT2D eigenvalue weighted by Crippen LogP contribution is 2.67. The maximum atomic E-state index is 14.8. The third kappa shape index (κ3) is 5.73. The van der Waals surface area contributed by atoms with Crippen LogP contribution in [0.3, 0.4) is 0 Å². The molecule has 0 spiro atoms. The van der Waals surface area contributed by atoms with Gasteiger partial charge in [0.15, 0.2) is 0 Å². The lowest BCUT2D eigenvalue weighted by molar-refractivity contribution is -0.150. The lowest BCUT2D eigenvalue weighted by Gasteiger charge is -2.47. The van der Waals surface area contributed by atoms with Crippen molar-refractivity contribution in [3.05, 3.63) is 83.8 Å². The van der Waals surface area contributed by atoms with Crippen LogP contribution in [-0.2, 0) is 16.1 Å². The smallest absolute Gasteiger partial charge is 0.250 e. The van der Waals surface area contributed by atoms with Gasteiger partial charge in [0.2, 0.25) is 5.91 Å². The van der Waals surface area contributed by atoms with Crippen LogP contribution in [0.4, 0.5) is 5.69 Å². The van der Waals surface area contributed by atoms with Crippen molar-refractivity contribution in [2.24, 2.45) is 11.3 Å². The lowest BCUT2D eigenvalue weighted by atomic mass is 9.83. The first-order valence-corrected chi connectivity index (χ1v) is 16.1. The summed E-state index contributed by atoms with van der Waals surface area (Å²) in [5, 5.41) is 4.37. The molecule has 9 heteroatoms. The van der Waals surface area contributed by atoms with Crippen LogP contribution in [0.1, 0.15) is 55.8 Å². The number of aromatic amines is 1. The van der Waals surface area contributed by atoms with E-state index in [4.69, 9.17) is 9.47 Å². The van der Waals surface area contributed by atoms with E-state index in [0.717, 1.165) is 16.8 Å². The third-order valence-corrected chi connectivity index (χ3v) is 10.5. The molecular formula is C37H45N5O4. The molecule has 1 saturated carbocycles. The SMILES string of the molecule is COc1ccc(NC(=O)C2(N(Cc3cccnc3)C(=O)CC3C(c4c(C)[nH]c5ccccc45)C3(C)C)CCN(C)CC2)c(OC)c1. The van der Waals surface area contributed by atoms with Crippen LogP contribution in [0.15, 0.2) is 67.0 Å². The summed E-state index contributed by atoms with van der Waals surface area (Å²) in [5.41, 5.74) is 3.88. The predicted octanol–water partition coefficient (Wildman–Crippen LogP) is 6.15. The van der Waals surface area contributed by atoms with Crippen LogP contribution >= 0.6 is 0 Å². The van der Waals surface area contributed by atoms with Crippen molar-refractivity contribution >= 4 is 28.4 Å². The minimum Gasteiger partial charge on any atom is -0.497 e. The average Bonchev–Trinajstić information content (AvgIpc) is 3.41. The molecule has 0 bridgehead atoms. The quantitative estimate of drug-likeness (QED) is 0.220. The molecule has 6 rings (SSSR count). The fourth-order valence-corrected chi connectivity index (χ4v) is 7.60. The minimum atomic E-state index is -1.06. The van der Waals surface area contributed by atoms with Crippen LogP contribution in [0.2, 0.25) is 0 Å². The monoisotopic (exact) mass is 623 g/mol. The zero-order valence-electron chi connectivity index (χ0n) is 27.7. The van der Waals surface area contributed by atoms with Gasteiger partial charge in [0.1, 0.15) is 17.0 Å². The number of nitrogens with zero attached hydrogens (tertiary/aromatic N) is 3. The molecule has 2 atom stereocenters. The number of para-hydroxylation sites is 1. The number of carbonyl (C=O) groups is 2. The van der Waals surface area contributed by atoms with Gasteiger partial charge in [0, 0.05) is 61.1 Å². The summed E-state index contributed by atoms with van der Waals surface area (Å²) >= 11 is 0. The van der Waals surface area contributed by atoms with Crippen LogP contribution in [0.25, 0.3) is 10.9 Å². The van der Waals surface area contributed by atoms with Crippen molar-refractivity contribution in [1.82, 2.24) is 19.8 Å². The summed E-state index contributed by atoms with van der Waals surface area (Å²) in [7, 11) is 5.22. The molecule has 9 nitrogen and oxygen atoms in total. The number of carbonyl (C=O) groups excluding carboxylic acids is 2. The second kappa shape index (κ2) is 12.4. The normalized spacial score (nSPS) is 20.2. The zero-order chi connectivity index (χ0) is 32.6. The van der Waals surface area contributed by atoms with E-state index >= 15 is 0 Å². The van der Waals surface area contributed by atoms with Gasteiger partial charge in [-0.05, 0) is 79.5 Å². The van der Waals surface area contributed by atoms with Crippen molar-refractivity contribution in [3.63, 3.8) is 0 Å². The number of ether oxygens (including phenoxy) is 2. The fourth-order valence-electron chi connectivity index (χ4n) is 7.60. The van der Waals surface area contributed by atoms with E-state index in [-0.39, 0.29) is 29.1 Å². The molecule has 242 valence electrons. The standard InChI is InChI=1S/C37H45N5O4/c1-24-33(27-11-7-8-12-29(27)39-24)34-28(36(34,2)3)21-32(43)42(23-25-10-9-17-38-22-25)37(15-18-41(4)19-16-37)35(44)40-30-14-13-26(45-5)20-31(30)46-6/h7-14,17,20,22,28,34,39H,15-16,18-19,21,23H2,1-6H3,(H,40,44). The fraction of sp³-hybridized carbons (Fsp3) is 0.432. The zero-order valence-corrected chi connectivity index (χ0v) is 27.7. The van der Waals surface area contributed by atoms with Crippen molar-refractivity contribution in [2.45, 2.75) is 58.0 Å². The number of anilines is 1. The van der Waals surface area contributed by atoms with E-state index in [1.807, 2.05) is 23.1 Å². The third-order valence-electron chi connectivity index (χ3n) is 10.5. The van der Waals surface area contributed by atoms with Crippen LogP contribution in [0.5, 0.6) is 11.5 Å². The van der Waals surface area contributed by atoms with Crippen LogP contribution in [-0.4, -0.2) is 71.5 Å². The first-order chi connectivity index (χ1) is 22.1. The maximum absolute atomic E-state index is 14.8. The molecular weight excluding hydrogens is 578 g/mol. The van der Waals surface area contributed by atoms with Crippen molar-refractivity contribution < 1.29 is 19.1 Å². The van der Waals surface area contributed by atoms with Gasteiger partial charge in [0.05, 0.1) is 19.9 Å². The first kappa shape index (κ1) is 31.6. The van der Waals surface area contributed by atoms with E-state index in [1.54, 1.807) is 44.8 Å². The largest absolute Gasteiger partial charge is 0.497 e. The Bertz CT molecular complexity index is 1720. The van der Waals surface area contributed by atoms with Crippen LogP contribution in [0, 0.1) is 18.3 Å². The number of nitrogens with one attached hydrogen (secondary N) is 2. The number of fused-ring (bicyclic) bond motifs is 1. The number of H-pyrrole nitrogens is 1. The molecule has 46 heavy (non-hydrogen) atoms. The highest BCUT2D eigenvalue weighted by Gasteiger charge is 2.60. The summed E-state index contributed by atoms with van der Waals surface area (Å²) in [5.74, 6) is 1.28. The number of hydrogen-bond acceptors (Lipinski definition) is 6. The molecule has 2 amide bonds. The summed E-state index contributed by atoms with van der Waals surface area (Å²) in [6, 6.07) is 17.6. The summed E-state index contributed by atoms with van der Waals surface area (Å²) in [4.78, 5) is 41.3. The molecule has 2 unspecified atom stereocenters. The molecule has 0 radical (unpaired) electrons. The second-order valence-corrected chi connectivity index (χ2v) is 13.5. The molecule has 2 aliphatic rings. The number of likely N-dealkylation sites (tertiary alicyclic amines) is 1. The molecule has 1 aliphatic carbocycles. The lowest BCUT2D eigenvalue weighted by Crippen LogP contribution is -2.62. The number of methoxy groups -OCH3 is 2. The Hall–Kier alpha value is -4.37. The molecule has 2 fully saturated rings. The number of piperidine rings is 1. The van der Waals surface area contributed by atoms with Gasteiger partial charge in [-0.2, -0.15) is 0 Å². The maximum Gasteiger partial charge on any atom is 0.250 e. The topological polar surface area (TPSA) is 99.8 Å². The van der Waals surface area contributed by atoms with Crippen molar-refractivity contribution in [2.75, 3.05) is 39.7 Å². The van der Waals surface area contributed by atoms with Gasteiger partial charge in [-0.25, -0.2) is 0 Å². The van der Waals surface area contributed by atoms with E-state index in [0.29, 0.717) is 56.1 Å². The van der Waals surface area contributed by atoms with E-state index < -0.39 is 5.54 Å². The Labute approximate surface area is 271 Å². The number of benzene rings is 2. The molecule has 4 aromatic rings. The average molecular weight is 624 g/mol. The molecule has 2 N–H and O–H groups in total. The number of aryl methyl sites for hydroxylation is 1. The van der Waals surface area contributed by atoms with Gasteiger partial charge in [-0.1, -0.05) is 38.1 Å². The Balaban J connectivity index is 1.35. The predicted molar refractivity (Wildman–Crippen MR) is 180 cm³/mol. The van der Waals surface area contributed by atoms with Gasteiger partial charge in [-0.15, -0.1) is 0 Å². The van der Waals surface area contributed by atoms with E-state index in [9.17, 15) is 9.59 Å². The number of rotatable bonds is 10. The summed E-state index contributed by atoms with van der Waals surface area (Å²) in [6.07, 6.45) is 4.89. The Morgan fingerprint density at radius 3 is 2.52 bits per heavy atom. The van der Waals surface area contributed by atoms with Gasteiger partial charge < -0.3 is 29.6 Å². The molecule has 2 aromatic heterocycles. The second-order valence-electron chi connectivity index (χ2n) is 13.5. The summed E-state index contributed by atoms with van der Waals surface area (Å²) < 4.78 is 11.0. The number of hydrogen-bond donors (Lipinski definition) is 2. The van der Waals surface area contributed by atoms with Crippen molar-refractivity contribution in [3.8, 4) is 11.5 Å². The highest BCUT2D eigenvalue weighted by atomic mass is 16.5. The molecule has 2 aromatic carbocycles. The van der Waals surface area contributed by atoms with Gasteiger partial charge >= 0.3 is 0 Å². The van der Waals surface area contributed by atoms with Crippen molar-refractivity contribution in [1.29, 1.82) is 0 Å². The van der Waals surface area contributed by atoms with Crippen LogP contribution < -0.4 is 14.8 Å². The Morgan fingerprint density at radius 2 is 1.83 bits per heavy atom. The molecule has 1 aliphatic heterocycles. The Morgan fingerprint density at radius 1 is 1.07 bits per heavy atom. The molecule has 1 saturated heterocycles. The van der Waals surface area contributed by atoms with Gasteiger partial charge in [0.25, 0.3) is 5.91 Å². The van der Waals surface area contributed by atoms with E-state index in [1.165, 1.54) is 10.9 Å². The number of aromatic nitrogens is 2. The van der Waals surface area contributed by atoms with E-state index in [2.05, 4.69) is 66.2 Å². The highest BCUT2D eigenvalue weighted by molar-refractivity contribution is 6.01.